The third-order valence-electron chi connectivity index (χ3n) is 5.15. The molecule has 0 aliphatic carbocycles. The average molecular weight is 373 g/mol. The summed E-state index contributed by atoms with van der Waals surface area (Å²) < 4.78 is 1.95. The van der Waals surface area contributed by atoms with E-state index in [4.69, 9.17) is 4.84 Å². The Hall–Kier alpha value is -3.58. The van der Waals surface area contributed by atoms with Crippen LogP contribution in [0.25, 0.3) is 11.4 Å². The van der Waals surface area contributed by atoms with Crippen LogP contribution in [0.4, 0.5) is 5.69 Å². The standard InChI is InChI=1S/C21H19N5O2/c1-28-24-18-9-11-26-19-16(18)3-2-4-17(19)21(27)23-20(26)14-5-7-15(8-6-14)25-12-10-22-13-25/h2-10,12-13,20,24H,11H2,1H3,(H,23,27). The summed E-state index contributed by atoms with van der Waals surface area (Å²) in [6.07, 6.45) is 7.25. The zero-order valence-corrected chi connectivity index (χ0v) is 15.3. The van der Waals surface area contributed by atoms with Gasteiger partial charge in [-0.1, -0.05) is 24.3 Å². The fraction of sp³-hybridized carbons (Fsp3) is 0.143. The van der Waals surface area contributed by atoms with E-state index >= 15 is 0 Å². The van der Waals surface area contributed by atoms with E-state index in [9.17, 15) is 4.79 Å². The number of nitrogens with zero attached hydrogens (tertiary/aromatic N) is 3. The molecule has 0 fully saturated rings. The smallest absolute Gasteiger partial charge is 0.255 e. The summed E-state index contributed by atoms with van der Waals surface area (Å²) in [5.41, 5.74) is 8.40. The molecule has 28 heavy (non-hydrogen) atoms. The van der Waals surface area contributed by atoms with E-state index < -0.39 is 0 Å². The number of amides is 1. The van der Waals surface area contributed by atoms with Gasteiger partial charge < -0.3 is 14.8 Å². The lowest BCUT2D eigenvalue weighted by molar-refractivity contribution is 0.0926. The highest BCUT2D eigenvalue weighted by molar-refractivity contribution is 6.05. The number of rotatable bonds is 4. The van der Waals surface area contributed by atoms with E-state index in [2.05, 4.69) is 26.8 Å². The van der Waals surface area contributed by atoms with Crippen LogP contribution in [-0.2, 0) is 4.84 Å². The zero-order valence-electron chi connectivity index (χ0n) is 15.3. The van der Waals surface area contributed by atoms with Gasteiger partial charge in [0.2, 0.25) is 0 Å². The number of hydroxylamine groups is 1. The molecule has 1 aromatic heterocycles. The normalized spacial score (nSPS) is 17.6. The Bertz CT molecular complexity index is 1060. The number of carbonyl (C=O) groups is 1. The van der Waals surface area contributed by atoms with E-state index in [1.165, 1.54) is 0 Å². The van der Waals surface area contributed by atoms with Crippen LogP contribution < -0.4 is 15.7 Å². The molecule has 2 aliphatic rings. The van der Waals surface area contributed by atoms with Gasteiger partial charge in [-0.15, -0.1) is 0 Å². The van der Waals surface area contributed by atoms with E-state index in [-0.39, 0.29) is 12.1 Å². The molecule has 0 spiro atoms. The van der Waals surface area contributed by atoms with Gasteiger partial charge in [-0.2, -0.15) is 0 Å². The molecule has 0 saturated heterocycles. The number of nitrogens with one attached hydrogen (secondary N) is 2. The quantitative estimate of drug-likeness (QED) is 0.688. The molecule has 140 valence electrons. The largest absolute Gasteiger partial charge is 0.342 e. The summed E-state index contributed by atoms with van der Waals surface area (Å²) in [7, 11) is 1.58. The maximum Gasteiger partial charge on any atom is 0.255 e. The second-order valence-corrected chi connectivity index (χ2v) is 6.72. The molecule has 5 rings (SSSR count). The van der Waals surface area contributed by atoms with Gasteiger partial charge in [-0.25, -0.2) is 4.98 Å². The van der Waals surface area contributed by atoms with E-state index in [1.54, 1.807) is 19.6 Å². The van der Waals surface area contributed by atoms with Crippen molar-refractivity contribution in [2.75, 3.05) is 18.6 Å². The van der Waals surface area contributed by atoms with Crippen molar-refractivity contribution in [2.45, 2.75) is 6.17 Å². The van der Waals surface area contributed by atoms with Crippen LogP contribution in [0.1, 0.15) is 27.7 Å². The van der Waals surface area contributed by atoms with Gasteiger partial charge in [-0.05, 0) is 29.8 Å². The molecular weight excluding hydrogens is 354 g/mol. The highest BCUT2D eigenvalue weighted by Gasteiger charge is 2.35. The van der Waals surface area contributed by atoms with Crippen molar-refractivity contribution < 1.29 is 9.63 Å². The van der Waals surface area contributed by atoms with Gasteiger partial charge >= 0.3 is 0 Å². The first kappa shape index (κ1) is 16.6. The maximum atomic E-state index is 12.8. The van der Waals surface area contributed by atoms with Gasteiger partial charge in [0.15, 0.2) is 0 Å². The molecule has 0 bridgehead atoms. The second-order valence-electron chi connectivity index (χ2n) is 6.72. The molecular formula is C21H19N5O2. The van der Waals surface area contributed by atoms with Gasteiger partial charge in [0.05, 0.1) is 30.4 Å². The third-order valence-corrected chi connectivity index (χ3v) is 5.15. The lowest BCUT2D eigenvalue weighted by atomic mass is 9.95. The van der Waals surface area contributed by atoms with Gasteiger partial charge in [0.1, 0.15) is 6.17 Å². The number of carbonyl (C=O) groups excluding carboxylic acids is 1. The van der Waals surface area contributed by atoms with Crippen molar-refractivity contribution >= 4 is 17.3 Å². The molecule has 3 aromatic rings. The SMILES string of the molecule is CONC1=CCN2c3c(cccc31)C(=O)NC2c1ccc(-n2ccnc2)cc1. The van der Waals surface area contributed by atoms with Crippen molar-refractivity contribution in [2.24, 2.45) is 0 Å². The number of hydrogen-bond donors (Lipinski definition) is 2. The van der Waals surface area contributed by atoms with Gasteiger partial charge in [-0.3, -0.25) is 15.1 Å². The first-order valence-electron chi connectivity index (χ1n) is 9.04. The first-order valence-corrected chi connectivity index (χ1v) is 9.04. The molecule has 2 N–H and O–H groups in total. The van der Waals surface area contributed by atoms with Gasteiger partial charge in [0.25, 0.3) is 5.91 Å². The van der Waals surface area contributed by atoms with Gasteiger partial charge in [0, 0.05) is 30.2 Å². The topological polar surface area (TPSA) is 71.4 Å². The van der Waals surface area contributed by atoms with Crippen molar-refractivity contribution in [1.29, 1.82) is 0 Å². The van der Waals surface area contributed by atoms with Crippen molar-refractivity contribution in [3.05, 3.63) is 84.0 Å². The summed E-state index contributed by atoms with van der Waals surface area (Å²) in [5.74, 6) is -0.0737. The fourth-order valence-electron chi connectivity index (χ4n) is 3.87. The Morgan fingerprint density at radius 3 is 2.75 bits per heavy atom. The van der Waals surface area contributed by atoms with Crippen LogP contribution in [0.15, 0.2) is 67.3 Å². The second kappa shape index (κ2) is 6.54. The molecule has 0 radical (unpaired) electrons. The summed E-state index contributed by atoms with van der Waals surface area (Å²) in [4.78, 5) is 24.2. The summed E-state index contributed by atoms with van der Waals surface area (Å²) in [5, 5.41) is 3.14. The summed E-state index contributed by atoms with van der Waals surface area (Å²) in [6.45, 7) is 0.657. The average Bonchev–Trinajstić information content (AvgIpc) is 3.27. The Morgan fingerprint density at radius 2 is 2.00 bits per heavy atom. The predicted octanol–water partition coefficient (Wildman–Crippen LogP) is 2.63. The maximum absolute atomic E-state index is 12.8. The van der Waals surface area contributed by atoms with Crippen LogP contribution in [0.5, 0.6) is 0 Å². The fourth-order valence-corrected chi connectivity index (χ4v) is 3.87. The van der Waals surface area contributed by atoms with E-state index in [0.717, 1.165) is 28.2 Å². The molecule has 7 heteroatoms. The number of imidazole rings is 1. The van der Waals surface area contributed by atoms with Crippen molar-refractivity contribution in [3.63, 3.8) is 0 Å². The molecule has 7 nitrogen and oxygen atoms in total. The van der Waals surface area contributed by atoms with E-state index in [0.29, 0.717) is 12.1 Å². The van der Waals surface area contributed by atoms with E-state index in [1.807, 2.05) is 53.2 Å². The van der Waals surface area contributed by atoms with Crippen molar-refractivity contribution in [3.8, 4) is 5.69 Å². The summed E-state index contributed by atoms with van der Waals surface area (Å²) >= 11 is 0. The lowest BCUT2D eigenvalue weighted by Gasteiger charge is -2.42. The Kier molecular flexibility index (Phi) is 3.87. The molecule has 0 saturated carbocycles. The molecule has 2 aliphatic heterocycles. The predicted molar refractivity (Wildman–Crippen MR) is 106 cm³/mol. The minimum atomic E-state index is -0.238. The minimum absolute atomic E-state index is 0.0737. The highest BCUT2D eigenvalue weighted by Crippen LogP contribution is 2.40. The molecule has 1 atom stereocenters. The number of para-hydroxylation sites is 1. The molecule has 3 heterocycles. The number of aromatic nitrogens is 2. The number of benzene rings is 2. The summed E-state index contributed by atoms with van der Waals surface area (Å²) in [6, 6.07) is 13.9. The van der Waals surface area contributed by atoms with Crippen LogP contribution in [-0.4, -0.2) is 29.1 Å². The zero-order chi connectivity index (χ0) is 19.1. The lowest BCUT2D eigenvalue weighted by Crippen LogP contribution is -2.48. The van der Waals surface area contributed by atoms with Crippen LogP contribution in [0, 0.1) is 0 Å². The Labute approximate surface area is 162 Å². The molecule has 1 amide bonds. The van der Waals surface area contributed by atoms with Crippen LogP contribution in [0.3, 0.4) is 0 Å². The van der Waals surface area contributed by atoms with Crippen LogP contribution in [0.2, 0.25) is 0 Å². The Balaban J connectivity index is 1.54. The third kappa shape index (κ3) is 2.56. The minimum Gasteiger partial charge on any atom is -0.342 e. The van der Waals surface area contributed by atoms with Crippen LogP contribution >= 0.6 is 0 Å². The molecule has 2 aromatic carbocycles. The number of anilines is 1. The number of hydrogen-bond acceptors (Lipinski definition) is 5. The first-order chi connectivity index (χ1) is 13.8. The van der Waals surface area contributed by atoms with Crippen molar-refractivity contribution in [1.82, 2.24) is 20.3 Å². The highest BCUT2D eigenvalue weighted by atomic mass is 16.6. The Morgan fingerprint density at radius 1 is 1.18 bits per heavy atom. The monoisotopic (exact) mass is 373 g/mol. The molecule has 1 unspecified atom stereocenters.